The van der Waals surface area contributed by atoms with E-state index >= 15 is 0 Å². The molecular weight excluding hydrogens is 392 g/mol. The SMILES string of the molecule is O=C(O)c1cc(NCc2ccccc2OCc2ccccc2)ccc1N1CCOCC1. The molecule has 6 heteroatoms. The molecule has 2 N–H and O–H groups in total. The highest BCUT2D eigenvalue weighted by Gasteiger charge is 2.19. The lowest BCUT2D eigenvalue weighted by atomic mass is 10.1. The summed E-state index contributed by atoms with van der Waals surface area (Å²) in [5.74, 6) is -0.126. The van der Waals surface area contributed by atoms with Crippen LogP contribution in [0.25, 0.3) is 0 Å². The van der Waals surface area contributed by atoms with Gasteiger partial charge in [-0.2, -0.15) is 0 Å². The van der Waals surface area contributed by atoms with Gasteiger partial charge in [-0.15, -0.1) is 0 Å². The molecule has 160 valence electrons. The fourth-order valence-corrected chi connectivity index (χ4v) is 3.62. The van der Waals surface area contributed by atoms with E-state index < -0.39 is 5.97 Å². The highest BCUT2D eigenvalue weighted by Crippen LogP contribution is 2.27. The molecule has 6 nitrogen and oxygen atoms in total. The van der Waals surface area contributed by atoms with Crippen LogP contribution in [0, 0.1) is 0 Å². The normalized spacial score (nSPS) is 13.6. The lowest BCUT2D eigenvalue weighted by molar-refractivity contribution is 0.0696. The van der Waals surface area contributed by atoms with Gasteiger partial charge in [-0.25, -0.2) is 4.79 Å². The summed E-state index contributed by atoms with van der Waals surface area (Å²) in [6.07, 6.45) is 0. The van der Waals surface area contributed by atoms with Gasteiger partial charge >= 0.3 is 5.97 Å². The summed E-state index contributed by atoms with van der Waals surface area (Å²) < 4.78 is 11.4. The molecule has 3 aromatic carbocycles. The number of nitrogens with one attached hydrogen (secondary N) is 1. The van der Waals surface area contributed by atoms with Crippen LogP contribution in [0.1, 0.15) is 21.5 Å². The van der Waals surface area contributed by atoms with Crippen LogP contribution in [0.4, 0.5) is 11.4 Å². The van der Waals surface area contributed by atoms with E-state index in [1.54, 1.807) is 6.07 Å². The second-order valence-corrected chi connectivity index (χ2v) is 7.37. The first-order valence-electron chi connectivity index (χ1n) is 10.4. The third-order valence-electron chi connectivity index (χ3n) is 5.27. The number of carboxylic acid groups (broad SMARTS) is 1. The molecule has 0 radical (unpaired) electrons. The monoisotopic (exact) mass is 418 g/mol. The molecule has 0 saturated carbocycles. The molecule has 4 rings (SSSR count). The number of rotatable bonds is 8. The van der Waals surface area contributed by atoms with Crippen LogP contribution in [0.15, 0.2) is 72.8 Å². The van der Waals surface area contributed by atoms with Crippen LogP contribution >= 0.6 is 0 Å². The fourth-order valence-electron chi connectivity index (χ4n) is 3.62. The number of anilines is 2. The van der Waals surface area contributed by atoms with E-state index in [0.29, 0.717) is 45.0 Å². The molecule has 1 aliphatic heterocycles. The highest BCUT2D eigenvalue weighted by molar-refractivity contribution is 5.95. The number of morpholine rings is 1. The molecule has 1 heterocycles. The van der Waals surface area contributed by atoms with E-state index in [1.807, 2.05) is 66.7 Å². The maximum atomic E-state index is 11.9. The summed E-state index contributed by atoms with van der Waals surface area (Å²) in [5, 5.41) is 13.1. The minimum atomic E-state index is -0.934. The second kappa shape index (κ2) is 10.00. The summed E-state index contributed by atoms with van der Waals surface area (Å²) in [6, 6.07) is 23.4. The molecule has 0 spiro atoms. The smallest absolute Gasteiger partial charge is 0.337 e. The van der Waals surface area contributed by atoms with E-state index in [-0.39, 0.29) is 0 Å². The summed E-state index contributed by atoms with van der Waals surface area (Å²) in [5.41, 5.74) is 3.89. The van der Waals surface area contributed by atoms with Crippen LogP contribution in [0.2, 0.25) is 0 Å². The van der Waals surface area contributed by atoms with Gasteiger partial charge in [0.2, 0.25) is 0 Å². The number of hydrogen-bond donors (Lipinski definition) is 2. The van der Waals surface area contributed by atoms with Gasteiger partial charge in [0.25, 0.3) is 0 Å². The van der Waals surface area contributed by atoms with Crippen molar-refractivity contribution in [3.63, 3.8) is 0 Å². The first-order chi connectivity index (χ1) is 15.2. The van der Waals surface area contributed by atoms with E-state index in [1.165, 1.54) is 0 Å². The minimum Gasteiger partial charge on any atom is -0.489 e. The maximum absolute atomic E-state index is 11.9. The van der Waals surface area contributed by atoms with Gasteiger partial charge in [-0.05, 0) is 29.8 Å². The second-order valence-electron chi connectivity index (χ2n) is 7.37. The molecule has 3 aromatic rings. The van der Waals surface area contributed by atoms with Gasteiger partial charge in [0, 0.05) is 30.9 Å². The number of aromatic carboxylic acids is 1. The van der Waals surface area contributed by atoms with Crippen LogP contribution < -0.4 is 15.0 Å². The third kappa shape index (κ3) is 5.35. The molecule has 0 atom stereocenters. The number of hydrogen-bond acceptors (Lipinski definition) is 5. The van der Waals surface area contributed by atoms with Crippen molar-refractivity contribution in [3.05, 3.63) is 89.5 Å². The molecule has 1 fully saturated rings. The number of carbonyl (C=O) groups is 1. The van der Waals surface area contributed by atoms with Crippen molar-refractivity contribution < 1.29 is 19.4 Å². The summed E-state index contributed by atoms with van der Waals surface area (Å²) >= 11 is 0. The first kappa shape index (κ1) is 20.8. The standard InChI is InChI=1S/C25H26N2O4/c28-25(29)22-16-21(10-11-23(22)27-12-14-30-15-13-27)26-17-20-8-4-5-9-24(20)31-18-19-6-2-1-3-7-19/h1-11,16,26H,12-15,17-18H2,(H,28,29). The average molecular weight is 418 g/mol. The Kier molecular flexibility index (Phi) is 6.69. The molecule has 1 saturated heterocycles. The van der Waals surface area contributed by atoms with Crippen molar-refractivity contribution in [1.82, 2.24) is 0 Å². The number of nitrogens with zero attached hydrogens (tertiary/aromatic N) is 1. The molecule has 0 unspecified atom stereocenters. The Labute approximate surface area is 182 Å². The zero-order chi connectivity index (χ0) is 21.5. The van der Waals surface area contributed by atoms with Gasteiger partial charge in [0.15, 0.2) is 0 Å². The fraction of sp³-hybridized carbons (Fsp3) is 0.240. The molecule has 0 aromatic heterocycles. The summed E-state index contributed by atoms with van der Waals surface area (Å²) in [7, 11) is 0. The molecule has 0 bridgehead atoms. The Hall–Kier alpha value is -3.51. The van der Waals surface area contributed by atoms with Crippen molar-refractivity contribution in [2.45, 2.75) is 13.2 Å². The van der Waals surface area contributed by atoms with Gasteiger partial charge in [0.05, 0.1) is 24.5 Å². The Morgan fingerprint density at radius 1 is 1.00 bits per heavy atom. The number of ether oxygens (including phenoxy) is 2. The van der Waals surface area contributed by atoms with Crippen LogP contribution in [0.5, 0.6) is 5.75 Å². The molecule has 0 aliphatic carbocycles. The van der Waals surface area contributed by atoms with Crippen LogP contribution in [-0.4, -0.2) is 37.4 Å². The maximum Gasteiger partial charge on any atom is 0.337 e. The van der Waals surface area contributed by atoms with Gasteiger partial charge in [-0.1, -0.05) is 48.5 Å². The molecule has 0 amide bonds. The quantitative estimate of drug-likeness (QED) is 0.565. The van der Waals surface area contributed by atoms with Crippen molar-refractivity contribution in [3.8, 4) is 5.75 Å². The predicted octanol–water partition coefficient (Wildman–Crippen LogP) is 4.41. The van der Waals surface area contributed by atoms with Gasteiger partial charge in [-0.3, -0.25) is 0 Å². The lowest BCUT2D eigenvalue weighted by Gasteiger charge is -2.30. The van der Waals surface area contributed by atoms with Crippen molar-refractivity contribution in [1.29, 1.82) is 0 Å². The van der Waals surface area contributed by atoms with E-state index in [9.17, 15) is 9.90 Å². The zero-order valence-electron chi connectivity index (χ0n) is 17.3. The van der Waals surface area contributed by atoms with Gasteiger partial charge < -0.3 is 24.8 Å². The summed E-state index contributed by atoms with van der Waals surface area (Å²) in [6.45, 7) is 3.63. The van der Waals surface area contributed by atoms with E-state index in [0.717, 1.165) is 28.3 Å². The number of benzene rings is 3. The highest BCUT2D eigenvalue weighted by atomic mass is 16.5. The Balaban J connectivity index is 1.45. The first-order valence-corrected chi connectivity index (χ1v) is 10.4. The van der Waals surface area contributed by atoms with E-state index in [4.69, 9.17) is 9.47 Å². The Morgan fingerprint density at radius 3 is 2.52 bits per heavy atom. The van der Waals surface area contributed by atoms with Crippen molar-refractivity contribution in [2.75, 3.05) is 36.5 Å². The van der Waals surface area contributed by atoms with Crippen LogP contribution in [-0.2, 0) is 17.9 Å². The van der Waals surface area contributed by atoms with Crippen LogP contribution in [0.3, 0.4) is 0 Å². The third-order valence-corrected chi connectivity index (χ3v) is 5.27. The lowest BCUT2D eigenvalue weighted by Crippen LogP contribution is -2.37. The summed E-state index contributed by atoms with van der Waals surface area (Å²) in [4.78, 5) is 13.9. The Morgan fingerprint density at radius 2 is 1.74 bits per heavy atom. The predicted molar refractivity (Wildman–Crippen MR) is 121 cm³/mol. The number of carboxylic acids is 1. The Bertz CT molecular complexity index is 1020. The minimum absolute atomic E-state index is 0.292. The zero-order valence-corrected chi connectivity index (χ0v) is 17.3. The van der Waals surface area contributed by atoms with Crippen molar-refractivity contribution >= 4 is 17.3 Å². The molecular formula is C25H26N2O4. The largest absolute Gasteiger partial charge is 0.489 e. The molecule has 31 heavy (non-hydrogen) atoms. The number of para-hydroxylation sites is 1. The molecule has 1 aliphatic rings. The van der Waals surface area contributed by atoms with Gasteiger partial charge in [0.1, 0.15) is 12.4 Å². The van der Waals surface area contributed by atoms with E-state index in [2.05, 4.69) is 10.2 Å². The topological polar surface area (TPSA) is 71.0 Å². The average Bonchev–Trinajstić information content (AvgIpc) is 2.83. The van der Waals surface area contributed by atoms with Crippen molar-refractivity contribution in [2.24, 2.45) is 0 Å².